The Bertz CT molecular complexity index is 899. The maximum absolute atomic E-state index is 12.8. The molecule has 10 atom stereocenters. The minimum absolute atomic E-state index is 0.00262. The quantitative estimate of drug-likeness (QED) is 0.430. The Morgan fingerprint density at radius 3 is 2.52 bits per heavy atom. The highest BCUT2D eigenvalue weighted by Crippen LogP contribution is 2.74. The Morgan fingerprint density at radius 2 is 1.82 bits per heavy atom. The van der Waals surface area contributed by atoms with Gasteiger partial charge in [0.2, 0.25) is 0 Å². The van der Waals surface area contributed by atoms with Gasteiger partial charge in [0.1, 0.15) is 6.10 Å². The van der Waals surface area contributed by atoms with E-state index in [9.17, 15) is 15.0 Å². The van der Waals surface area contributed by atoms with Crippen molar-refractivity contribution in [3.8, 4) is 0 Å². The van der Waals surface area contributed by atoms with Gasteiger partial charge >= 0.3 is 5.97 Å². The molecule has 0 aromatic rings. The van der Waals surface area contributed by atoms with Crippen molar-refractivity contribution in [2.75, 3.05) is 0 Å². The summed E-state index contributed by atoms with van der Waals surface area (Å²) in [7, 11) is 0. The van der Waals surface area contributed by atoms with Crippen LogP contribution in [-0.2, 0) is 9.53 Å². The van der Waals surface area contributed by atoms with Crippen molar-refractivity contribution in [2.24, 2.45) is 39.9 Å². The van der Waals surface area contributed by atoms with Crippen LogP contribution in [0.2, 0.25) is 0 Å². The third-order valence-corrected chi connectivity index (χ3v) is 11.5. The number of esters is 1. The molecule has 1 aliphatic heterocycles. The van der Waals surface area contributed by atoms with Gasteiger partial charge in [-0.3, -0.25) is 0 Å². The second kappa shape index (κ2) is 7.68. The number of rotatable bonds is 3. The van der Waals surface area contributed by atoms with Gasteiger partial charge in [-0.15, -0.1) is 0 Å². The minimum Gasteiger partial charge on any atom is -0.454 e. The molecular formula is C29H44O4. The zero-order valence-electron chi connectivity index (χ0n) is 21.5. The molecule has 4 saturated carbocycles. The molecule has 1 heterocycles. The number of fused-ring (bicyclic) bond motifs is 7. The maximum atomic E-state index is 12.8. The van der Waals surface area contributed by atoms with Crippen LogP contribution in [0.25, 0.3) is 0 Å². The van der Waals surface area contributed by atoms with Gasteiger partial charge in [0, 0.05) is 5.57 Å². The van der Waals surface area contributed by atoms with Crippen LogP contribution in [0.1, 0.15) is 92.9 Å². The van der Waals surface area contributed by atoms with Crippen LogP contribution in [0.15, 0.2) is 22.8 Å². The van der Waals surface area contributed by atoms with Crippen LogP contribution in [0.4, 0.5) is 0 Å². The van der Waals surface area contributed by atoms with Crippen molar-refractivity contribution < 1.29 is 19.7 Å². The molecule has 33 heavy (non-hydrogen) atoms. The maximum Gasteiger partial charge on any atom is 0.334 e. The highest BCUT2D eigenvalue weighted by molar-refractivity contribution is 5.92. The molecule has 5 aliphatic rings. The zero-order valence-corrected chi connectivity index (χ0v) is 21.5. The number of carbonyl (C=O) groups is 1. The molecule has 0 bridgehead atoms. The fourth-order valence-corrected chi connectivity index (χ4v) is 9.78. The Balaban J connectivity index is 1.53. The van der Waals surface area contributed by atoms with E-state index < -0.39 is 0 Å². The standard InChI is InChI=1S/C29H44O4/c1-16(2)8-7-9-18-24-20-14-22(31)25-27(4)12-11-21(30)17(3)19(27)10-13-28(25,5)29(20,6)15-23(24)33-26(18)32/h8,17,19-23,25,30-31H,7,9-15H2,1-6H3/t17?,19?,20?,21?,22?,23-,25?,27-,28-,29-/m0/s1. The predicted octanol–water partition coefficient (Wildman–Crippen LogP) is 5.58. The second-order valence-corrected chi connectivity index (χ2v) is 13.1. The summed E-state index contributed by atoms with van der Waals surface area (Å²) in [6, 6.07) is 0. The lowest BCUT2D eigenvalue weighted by Gasteiger charge is -2.69. The van der Waals surface area contributed by atoms with Crippen molar-refractivity contribution >= 4 is 5.97 Å². The summed E-state index contributed by atoms with van der Waals surface area (Å²) in [5, 5.41) is 22.4. The van der Waals surface area contributed by atoms with Crippen molar-refractivity contribution in [3.63, 3.8) is 0 Å². The molecule has 2 N–H and O–H groups in total. The van der Waals surface area contributed by atoms with E-state index >= 15 is 0 Å². The lowest BCUT2D eigenvalue weighted by Crippen LogP contribution is -2.65. The van der Waals surface area contributed by atoms with Crippen LogP contribution in [-0.4, -0.2) is 34.5 Å². The van der Waals surface area contributed by atoms with Crippen molar-refractivity contribution in [3.05, 3.63) is 22.8 Å². The fourth-order valence-electron chi connectivity index (χ4n) is 9.78. The van der Waals surface area contributed by atoms with Crippen LogP contribution < -0.4 is 0 Å². The van der Waals surface area contributed by atoms with E-state index in [0.717, 1.165) is 56.9 Å². The third-order valence-electron chi connectivity index (χ3n) is 11.5. The van der Waals surface area contributed by atoms with Gasteiger partial charge in [-0.2, -0.15) is 0 Å². The average molecular weight is 457 g/mol. The van der Waals surface area contributed by atoms with E-state index in [4.69, 9.17) is 4.74 Å². The molecule has 0 amide bonds. The number of hydrogen-bond donors (Lipinski definition) is 2. The number of aliphatic hydroxyl groups is 2. The first-order chi connectivity index (χ1) is 15.4. The smallest absolute Gasteiger partial charge is 0.334 e. The molecule has 184 valence electrons. The topological polar surface area (TPSA) is 66.8 Å². The van der Waals surface area contributed by atoms with E-state index in [1.165, 1.54) is 11.1 Å². The monoisotopic (exact) mass is 456 g/mol. The Kier molecular flexibility index (Phi) is 5.50. The molecule has 4 aliphatic carbocycles. The first kappa shape index (κ1) is 23.6. The average Bonchev–Trinajstić information content (AvgIpc) is 3.17. The fraction of sp³-hybridized carbons (Fsp3) is 0.828. The summed E-state index contributed by atoms with van der Waals surface area (Å²) in [5.41, 5.74) is 3.47. The highest BCUT2D eigenvalue weighted by atomic mass is 16.5. The summed E-state index contributed by atoms with van der Waals surface area (Å²) in [4.78, 5) is 12.8. The summed E-state index contributed by atoms with van der Waals surface area (Å²) >= 11 is 0. The molecular weight excluding hydrogens is 412 g/mol. The van der Waals surface area contributed by atoms with Crippen LogP contribution in [0.3, 0.4) is 0 Å². The highest BCUT2D eigenvalue weighted by Gasteiger charge is 2.71. The van der Waals surface area contributed by atoms with Crippen LogP contribution in [0.5, 0.6) is 0 Å². The molecule has 4 nitrogen and oxygen atoms in total. The molecule has 0 spiro atoms. The van der Waals surface area contributed by atoms with Gasteiger partial charge < -0.3 is 14.9 Å². The first-order valence-corrected chi connectivity index (χ1v) is 13.4. The first-order valence-electron chi connectivity index (χ1n) is 13.4. The number of aliphatic hydroxyl groups excluding tert-OH is 2. The summed E-state index contributed by atoms with van der Waals surface area (Å²) < 4.78 is 5.99. The molecule has 0 saturated heterocycles. The molecule has 0 aromatic heterocycles. The van der Waals surface area contributed by atoms with Crippen LogP contribution in [0, 0.1) is 39.9 Å². The van der Waals surface area contributed by atoms with Gasteiger partial charge in [0.25, 0.3) is 0 Å². The van der Waals surface area contributed by atoms with Crippen molar-refractivity contribution in [1.82, 2.24) is 0 Å². The number of carbonyl (C=O) groups excluding carboxylic acids is 1. The predicted molar refractivity (Wildman–Crippen MR) is 129 cm³/mol. The summed E-state index contributed by atoms with van der Waals surface area (Å²) in [6.45, 7) is 13.7. The van der Waals surface area contributed by atoms with Gasteiger partial charge in [0.15, 0.2) is 0 Å². The van der Waals surface area contributed by atoms with Crippen molar-refractivity contribution in [1.29, 1.82) is 0 Å². The largest absolute Gasteiger partial charge is 0.454 e. The Hall–Kier alpha value is -1.13. The third kappa shape index (κ3) is 3.12. The number of hydrogen-bond acceptors (Lipinski definition) is 4. The lowest BCUT2D eigenvalue weighted by molar-refractivity contribution is -0.234. The van der Waals surface area contributed by atoms with Gasteiger partial charge in [0.05, 0.1) is 12.2 Å². The summed E-state index contributed by atoms with van der Waals surface area (Å²) in [5.74, 6) is 1.08. The van der Waals surface area contributed by atoms with E-state index in [2.05, 4.69) is 47.6 Å². The molecule has 4 heteroatoms. The Morgan fingerprint density at radius 1 is 1.09 bits per heavy atom. The zero-order chi connectivity index (χ0) is 23.9. The van der Waals surface area contributed by atoms with Gasteiger partial charge in [-0.1, -0.05) is 39.3 Å². The SMILES string of the molecule is CC(C)=CCCC1=C2C3CC(O)C4[C@@]5(C)CCC(O)C(C)C5CC[C@]4(C)[C@@]3(C)C[C@@H]2OC1=O. The number of allylic oxidation sites excluding steroid dienone is 2. The van der Waals surface area contributed by atoms with Gasteiger partial charge in [-0.05, 0) is 111 Å². The second-order valence-electron chi connectivity index (χ2n) is 13.1. The molecule has 4 fully saturated rings. The normalized spacial score (nSPS) is 50.8. The number of ether oxygens (including phenoxy) is 1. The lowest BCUT2D eigenvalue weighted by atomic mass is 9.36. The van der Waals surface area contributed by atoms with E-state index in [1.807, 2.05) is 0 Å². The summed E-state index contributed by atoms with van der Waals surface area (Å²) in [6.07, 6.45) is 8.80. The van der Waals surface area contributed by atoms with E-state index in [0.29, 0.717) is 11.8 Å². The molecule has 0 radical (unpaired) electrons. The molecule has 0 aromatic carbocycles. The minimum atomic E-state index is -0.371. The molecule has 5 rings (SSSR count). The van der Waals surface area contributed by atoms with E-state index in [1.54, 1.807) is 0 Å². The molecule has 6 unspecified atom stereocenters. The van der Waals surface area contributed by atoms with Gasteiger partial charge in [-0.25, -0.2) is 4.79 Å². The van der Waals surface area contributed by atoms with Crippen molar-refractivity contribution in [2.45, 2.75) is 111 Å². The van der Waals surface area contributed by atoms with Crippen LogP contribution >= 0.6 is 0 Å². The Labute approximate surface area is 199 Å². The van der Waals surface area contributed by atoms with E-state index in [-0.39, 0.29) is 52.4 Å².